The van der Waals surface area contributed by atoms with E-state index in [1.54, 1.807) is 0 Å². The van der Waals surface area contributed by atoms with Crippen molar-refractivity contribution in [1.82, 2.24) is 20.0 Å². The van der Waals surface area contributed by atoms with Gasteiger partial charge in [0.2, 0.25) is 11.8 Å². The van der Waals surface area contributed by atoms with Gasteiger partial charge in [-0.15, -0.1) is 0 Å². The minimum atomic E-state index is 0.175. The number of hydrogen-bond donors (Lipinski definition) is 1. The second-order valence-electron chi connectivity index (χ2n) is 5.88. The zero-order valence-electron chi connectivity index (χ0n) is 13.3. The zero-order valence-corrected chi connectivity index (χ0v) is 13.3. The molecule has 0 atom stereocenters. The Morgan fingerprint density at radius 1 is 1.10 bits per heavy atom. The molecule has 21 heavy (non-hydrogen) atoms. The second-order valence-corrected chi connectivity index (χ2v) is 5.88. The number of rotatable bonds is 5. The maximum absolute atomic E-state index is 12.3. The molecule has 0 radical (unpaired) electrons. The normalized spacial score (nSPS) is 20.8. The highest BCUT2D eigenvalue weighted by molar-refractivity contribution is 5.80. The Balaban J connectivity index is 1.80. The van der Waals surface area contributed by atoms with Crippen LogP contribution in [0.5, 0.6) is 0 Å². The van der Waals surface area contributed by atoms with E-state index in [9.17, 15) is 9.59 Å². The summed E-state index contributed by atoms with van der Waals surface area (Å²) in [7, 11) is 0. The van der Waals surface area contributed by atoms with Crippen molar-refractivity contribution in [3.63, 3.8) is 0 Å². The van der Waals surface area contributed by atoms with Gasteiger partial charge in [0.05, 0.1) is 12.5 Å². The van der Waals surface area contributed by atoms with E-state index >= 15 is 0 Å². The summed E-state index contributed by atoms with van der Waals surface area (Å²) < 4.78 is 0. The minimum absolute atomic E-state index is 0.175. The standard InChI is InChI=1S/C15H28N4O2/c1-3-18(4-2)14(20)12-17-6-5-7-19(9-8-17)15(21)13-10-16-11-13/h13,16H,3-12H2,1-2H3. The molecule has 0 saturated carbocycles. The number of carbonyl (C=O) groups is 2. The Morgan fingerprint density at radius 2 is 1.81 bits per heavy atom. The van der Waals surface area contributed by atoms with E-state index in [1.165, 1.54) is 0 Å². The van der Waals surface area contributed by atoms with Gasteiger partial charge < -0.3 is 15.1 Å². The van der Waals surface area contributed by atoms with E-state index < -0.39 is 0 Å². The molecule has 2 fully saturated rings. The summed E-state index contributed by atoms with van der Waals surface area (Å²) >= 11 is 0. The molecule has 1 N–H and O–H groups in total. The summed E-state index contributed by atoms with van der Waals surface area (Å²) in [6.07, 6.45) is 0.956. The molecule has 2 heterocycles. The lowest BCUT2D eigenvalue weighted by Crippen LogP contribution is -2.52. The lowest BCUT2D eigenvalue weighted by Gasteiger charge is -2.32. The lowest BCUT2D eigenvalue weighted by molar-refractivity contribution is -0.136. The highest BCUT2D eigenvalue weighted by Gasteiger charge is 2.30. The van der Waals surface area contributed by atoms with Gasteiger partial charge in [0.1, 0.15) is 0 Å². The third-order valence-corrected chi connectivity index (χ3v) is 4.51. The predicted octanol–water partition coefficient (Wildman–Crippen LogP) is -0.391. The van der Waals surface area contributed by atoms with E-state index in [0.717, 1.165) is 58.8 Å². The first-order valence-corrected chi connectivity index (χ1v) is 8.15. The van der Waals surface area contributed by atoms with Gasteiger partial charge in [0.25, 0.3) is 0 Å². The Morgan fingerprint density at radius 3 is 2.38 bits per heavy atom. The summed E-state index contributed by atoms with van der Waals surface area (Å²) in [5.74, 6) is 0.655. The quantitative estimate of drug-likeness (QED) is 0.751. The summed E-state index contributed by atoms with van der Waals surface area (Å²) in [5.41, 5.74) is 0. The largest absolute Gasteiger partial charge is 0.342 e. The molecule has 6 nitrogen and oxygen atoms in total. The van der Waals surface area contributed by atoms with Crippen LogP contribution in [-0.2, 0) is 9.59 Å². The van der Waals surface area contributed by atoms with Crippen LogP contribution >= 0.6 is 0 Å². The number of nitrogens with zero attached hydrogens (tertiary/aromatic N) is 3. The summed E-state index contributed by atoms with van der Waals surface area (Å²) in [5, 5.41) is 3.15. The van der Waals surface area contributed by atoms with Crippen LogP contribution < -0.4 is 5.32 Å². The van der Waals surface area contributed by atoms with Crippen LogP contribution in [0.4, 0.5) is 0 Å². The smallest absolute Gasteiger partial charge is 0.236 e. The maximum Gasteiger partial charge on any atom is 0.236 e. The molecule has 2 rings (SSSR count). The van der Waals surface area contributed by atoms with Gasteiger partial charge in [0.15, 0.2) is 0 Å². The fourth-order valence-electron chi connectivity index (χ4n) is 2.94. The van der Waals surface area contributed by atoms with Crippen LogP contribution in [0.25, 0.3) is 0 Å². The molecular formula is C15H28N4O2. The topological polar surface area (TPSA) is 55.9 Å². The van der Waals surface area contributed by atoms with E-state index in [4.69, 9.17) is 0 Å². The molecule has 0 aromatic rings. The number of carbonyl (C=O) groups excluding carboxylic acids is 2. The van der Waals surface area contributed by atoms with Gasteiger partial charge in [-0.25, -0.2) is 0 Å². The molecule has 0 unspecified atom stereocenters. The molecule has 2 aliphatic heterocycles. The number of nitrogens with one attached hydrogen (secondary N) is 1. The van der Waals surface area contributed by atoms with Gasteiger partial charge in [-0.1, -0.05) is 0 Å². The van der Waals surface area contributed by atoms with Crippen molar-refractivity contribution in [3.8, 4) is 0 Å². The fourth-order valence-corrected chi connectivity index (χ4v) is 2.94. The Kier molecular flexibility index (Phi) is 5.99. The lowest BCUT2D eigenvalue weighted by atomic mass is 10.0. The van der Waals surface area contributed by atoms with Crippen LogP contribution in [0.3, 0.4) is 0 Å². The summed E-state index contributed by atoms with van der Waals surface area (Å²) in [6.45, 7) is 11.0. The first-order valence-electron chi connectivity index (χ1n) is 8.15. The van der Waals surface area contributed by atoms with Crippen LogP contribution in [-0.4, -0.2) is 85.4 Å². The minimum Gasteiger partial charge on any atom is -0.342 e. The SMILES string of the molecule is CCN(CC)C(=O)CN1CCCN(C(=O)C2CNC2)CC1. The zero-order chi connectivity index (χ0) is 15.2. The average Bonchev–Trinajstić information content (AvgIpc) is 2.63. The van der Waals surface area contributed by atoms with Crippen LogP contribution in [0, 0.1) is 5.92 Å². The van der Waals surface area contributed by atoms with Crippen molar-refractivity contribution in [2.24, 2.45) is 5.92 Å². The van der Waals surface area contributed by atoms with E-state index in [-0.39, 0.29) is 17.7 Å². The van der Waals surface area contributed by atoms with Crippen molar-refractivity contribution in [2.45, 2.75) is 20.3 Å². The van der Waals surface area contributed by atoms with Gasteiger partial charge in [-0.05, 0) is 20.3 Å². The Hall–Kier alpha value is -1.14. The van der Waals surface area contributed by atoms with Crippen molar-refractivity contribution in [2.75, 3.05) is 58.9 Å². The first kappa shape index (κ1) is 16.2. The molecule has 2 saturated heterocycles. The highest BCUT2D eigenvalue weighted by Crippen LogP contribution is 2.11. The average molecular weight is 296 g/mol. The van der Waals surface area contributed by atoms with Gasteiger partial charge in [-0.3, -0.25) is 14.5 Å². The summed E-state index contributed by atoms with van der Waals surface area (Å²) in [4.78, 5) is 30.5. The van der Waals surface area contributed by atoms with Crippen molar-refractivity contribution in [1.29, 1.82) is 0 Å². The van der Waals surface area contributed by atoms with E-state index in [0.29, 0.717) is 6.54 Å². The highest BCUT2D eigenvalue weighted by atomic mass is 16.2. The Bertz CT molecular complexity index is 367. The molecule has 120 valence electrons. The predicted molar refractivity (Wildman–Crippen MR) is 81.9 cm³/mol. The Labute approximate surface area is 127 Å². The van der Waals surface area contributed by atoms with E-state index in [2.05, 4.69) is 10.2 Å². The third kappa shape index (κ3) is 4.17. The van der Waals surface area contributed by atoms with Crippen LogP contribution in [0.2, 0.25) is 0 Å². The molecule has 0 bridgehead atoms. The second kappa shape index (κ2) is 7.75. The molecule has 2 aliphatic rings. The molecule has 0 aromatic heterocycles. The van der Waals surface area contributed by atoms with Crippen LogP contribution in [0.15, 0.2) is 0 Å². The van der Waals surface area contributed by atoms with Crippen molar-refractivity contribution in [3.05, 3.63) is 0 Å². The fraction of sp³-hybridized carbons (Fsp3) is 0.867. The van der Waals surface area contributed by atoms with E-state index in [1.807, 2.05) is 23.6 Å². The molecule has 6 heteroatoms. The molecule has 2 amide bonds. The number of hydrogen-bond acceptors (Lipinski definition) is 4. The van der Waals surface area contributed by atoms with Crippen molar-refractivity contribution >= 4 is 11.8 Å². The number of likely N-dealkylation sites (N-methyl/N-ethyl adjacent to an activating group) is 1. The molecule has 0 aliphatic carbocycles. The molecule has 0 aromatic carbocycles. The number of amides is 2. The van der Waals surface area contributed by atoms with Gasteiger partial charge >= 0.3 is 0 Å². The first-order chi connectivity index (χ1) is 10.2. The third-order valence-electron chi connectivity index (χ3n) is 4.51. The maximum atomic E-state index is 12.3. The van der Waals surface area contributed by atoms with Gasteiger partial charge in [-0.2, -0.15) is 0 Å². The van der Waals surface area contributed by atoms with Gasteiger partial charge in [0, 0.05) is 52.4 Å². The molecular weight excluding hydrogens is 268 g/mol. The van der Waals surface area contributed by atoms with Crippen LogP contribution in [0.1, 0.15) is 20.3 Å². The summed E-state index contributed by atoms with van der Waals surface area (Å²) in [6, 6.07) is 0. The molecule has 0 spiro atoms. The monoisotopic (exact) mass is 296 g/mol. The van der Waals surface area contributed by atoms with Crippen molar-refractivity contribution < 1.29 is 9.59 Å².